The molecule has 4 nitrogen and oxygen atoms in total. The van der Waals surface area contributed by atoms with Crippen molar-refractivity contribution in [3.63, 3.8) is 0 Å². The van der Waals surface area contributed by atoms with Gasteiger partial charge in [0.15, 0.2) is 0 Å². The quantitative estimate of drug-likeness (QED) is 0.876. The third-order valence-electron chi connectivity index (χ3n) is 3.98. The van der Waals surface area contributed by atoms with Crippen molar-refractivity contribution >= 4 is 10.0 Å². The van der Waals surface area contributed by atoms with Gasteiger partial charge in [-0.2, -0.15) is 0 Å². The maximum absolute atomic E-state index is 12.1. The smallest absolute Gasteiger partial charge is 0.240 e. The number of nitrogens with one attached hydrogen (secondary N) is 1. The van der Waals surface area contributed by atoms with Crippen molar-refractivity contribution in [3.8, 4) is 0 Å². The van der Waals surface area contributed by atoms with E-state index in [2.05, 4.69) is 4.72 Å². The Hall–Kier alpha value is -0.910. The summed E-state index contributed by atoms with van der Waals surface area (Å²) in [6, 6.07) is 7.07. The van der Waals surface area contributed by atoms with Gasteiger partial charge in [0.1, 0.15) is 0 Å². The van der Waals surface area contributed by atoms with Crippen LogP contribution < -0.4 is 10.5 Å². The Morgan fingerprint density at radius 3 is 2.35 bits per heavy atom. The van der Waals surface area contributed by atoms with Crippen molar-refractivity contribution in [2.45, 2.75) is 55.9 Å². The third-order valence-corrected chi connectivity index (χ3v) is 5.58. The van der Waals surface area contributed by atoms with Gasteiger partial charge >= 0.3 is 0 Å². The molecule has 1 aromatic rings. The van der Waals surface area contributed by atoms with Crippen LogP contribution in [0.5, 0.6) is 0 Å². The molecule has 0 aliphatic heterocycles. The molecule has 1 aliphatic rings. The van der Waals surface area contributed by atoms with E-state index in [1.807, 2.05) is 12.1 Å². The summed E-state index contributed by atoms with van der Waals surface area (Å²) >= 11 is 0. The normalized spacial score (nSPS) is 18.9. The zero-order chi connectivity index (χ0) is 14.6. The van der Waals surface area contributed by atoms with Crippen LogP contribution in [0, 0.1) is 0 Å². The fourth-order valence-electron chi connectivity index (χ4n) is 2.74. The number of hydrogen-bond donors (Lipinski definition) is 2. The first-order valence-electron chi connectivity index (χ1n) is 7.35. The summed E-state index contributed by atoms with van der Waals surface area (Å²) in [7, 11) is -3.45. The maximum Gasteiger partial charge on any atom is 0.240 e. The molecular formula is C15H24N2O2S. The molecule has 5 heteroatoms. The predicted molar refractivity (Wildman–Crippen MR) is 81.1 cm³/mol. The van der Waals surface area contributed by atoms with E-state index in [1.165, 1.54) is 37.7 Å². The van der Waals surface area contributed by atoms with E-state index in [0.717, 1.165) is 0 Å². The Balaban J connectivity index is 2.11. The van der Waals surface area contributed by atoms with Gasteiger partial charge in [-0.25, -0.2) is 13.1 Å². The van der Waals surface area contributed by atoms with Crippen molar-refractivity contribution in [3.05, 3.63) is 29.8 Å². The number of sulfonamides is 1. The van der Waals surface area contributed by atoms with Gasteiger partial charge < -0.3 is 5.73 Å². The first kappa shape index (κ1) is 15.5. The van der Waals surface area contributed by atoms with Gasteiger partial charge in [-0.15, -0.1) is 0 Å². The molecule has 0 amide bonds. The van der Waals surface area contributed by atoms with Gasteiger partial charge in [-0.05, 0) is 43.4 Å². The van der Waals surface area contributed by atoms with Gasteiger partial charge in [0.05, 0.1) is 4.90 Å². The van der Waals surface area contributed by atoms with Crippen LogP contribution >= 0.6 is 0 Å². The molecule has 0 bridgehead atoms. The first-order chi connectivity index (χ1) is 9.53. The Labute approximate surface area is 121 Å². The van der Waals surface area contributed by atoms with E-state index in [-0.39, 0.29) is 6.04 Å². The second-order valence-electron chi connectivity index (χ2n) is 5.66. The van der Waals surface area contributed by atoms with E-state index < -0.39 is 10.0 Å². The average Bonchev–Trinajstić information content (AvgIpc) is 2.48. The molecule has 0 spiro atoms. The van der Waals surface area contributed by atoms with E-state index in [1.54, 1.807) is 19.1 Å². The van der Waals surface area contributed by atoms with Crippen LogP contribution in [0.3, 0.4) is 0 Å². The van der Waals surface area contributed by atoms with Crippen molar-refractivity contribution < 1.29 is 8.42 Å². The second kappa shape index (κ2) is 6.70. The fourth-order valence-corrected chi connectivity index (χ4v) is 3.99. The largest absolute Gasteiger partial charge is 0.329 e. The number of nitrogens with two attached hydrogens (primary N) is 1. The van der Waals surface area contributed by atoms with Crippen LogP contribution in [0.1, 0.15) is 50.5 Å². The van der Waals surface area contributed by atoms with E-state index in [0.29, 0.717) is 17.4 Å². The molecule has 0 unspecified atom stereocenters. The summed E-state index contributed by atoms with van der Waals surface area (Å²) in [5.41, 5.74) is 6.71. The van der Waals surface area contributed by atoms with Crippen LogP contribution in [-0.4, -0.2) is 21.0 Å². The molecule has 1 aliphatic carbocycles. The first-order valence-corrected chi connectivity index (χ1v) is 8.83. The highest BCUT2D eigenvalue weighted by Crippen LogP contribution is 2.32. The monoisotopic (exact) mass is 296 g/mol. The van der Waals surface area contributed by atoms with Crippen molar-refractivity contribution in [1.29, 1.82) is 0 Å². The topological polar surface area (TPSA) is 72.2 Å². The molecule has 2 rings (SSSR count). The maximum atomic E-state index is 12.1. The molecule has 112 valence electrons. The Bertz CT molecular complexity index is 519. The van der Waals surface area contributed by atoms with E-state index in [9.17, 15) is 8.42 Å². The number of hydrogen-bond acceptors (Lipinski definition) is 3. The van der Waals surface area contributed by atoms with Gasteiger partial charge in [-0.1, -0.05) is 31.4 Å². The summed E-state index contributed by atoms with van der Waals surface area (Å²) in [6.07, 6.45) is 6.31. The Morgan fingerprint density at radius 1 is 1.20 bits per heavy atom. The highest BCUT2D eigenvalue weighted by atomic mass is 32.2. The summed E-state index contributed by atoms with van der Waals surface area (Å²) in [4.78, 5) is 0.317. The Morgan fingerprint density at radius 2 is 1.80 bits per heavy atom. The van der Waals surface area contributed by atoms with Gasteiger partial charge in [0.25, 0.3) is 0 Å². The van der Waals surface area contributed by atoms with Crippen molar-refractivity contribution in [1.82, 2.24) is 4.72 Å². The molecule has 1 saturated carbocycles. The highest BCUT2D eigenvalue weighted by Gasteiger charge is 2.19. The lowest BCUT2D eigenvalue weighted by atomic mass is 9.84. The summed E-state index contributed by atoms with van der Waals surface area (Å²) in [5, 5.41) is 0. The van der Waals surface area contributed by atoms with Crippen LogP contribution in [0.4, 0.5) is 0 Å². The number of rotatable bonds is 5. The Kier molecular flexibility index (Phi) is 5.18. The van der Waals surface area contributed by atoms with E-state index in [4.69, 9.17) is 5.73 Å². The zero-order valence-corrected chi connectivity index (χ0v) is 12.8. The molecular weight excluding hydrogens is 272 g/mol. The standard InChI is InChI=1S/C15H24N2O2S/c1-12(11-16)17-20(18,19)15-9-7-14(8-10-15)13-5-3-2-4-6-13/h7-10,12-13,17H,2-6,11,16H2,1H3/t12-/m0/s1. The summed E-state index contributed by atoms with van der Waals surface area (Å²) < 4.78 is 26.8. The molecule has 3 N–H and O–H groups in total. The molecule has 1 atom stereocenters. The lowest BCUT2D eigenvalue weighted by Crippen LogP contribution is -2.37. The second-order valence-corrected chi connectivity index (χ2v) is 7.38. The van der Waals surface area contributed by atoms with Gasteiger partial charge in [0, 0.05) is 12.6 Å². The van der Waals surface area contributed by atoms with Gasteiger partial charge in [-0.3, -0.25) is 0 Å². The minimum absolute atomic E-state index is 0.252. The van der Waals surface area contributed by atoms with Crippen LogP contribution in [-0.2, 0) is 10.0 Å². The molecule has 0 heterocycles. The number of benzene rings is 1. The van der Waals surface area contributed by atoms with Crippen LogP contribution in [0.25, 0.3) is 0 Å². The van der Waals surface area contributed by atoms with Crippen LogP contribution in [0.2, 0.25) is 0 Å². The summed E-state index contributed by atoms with van der Waals surface area (Å²) in [5.74, 6) is 0.594. The SMILES string of the molecule is C[C@@H](CN)NS(=O)(=O)c1ccc(C2CCCCC2)cc1. The third kappa shape index (κ3) is 3.81. The lowest BCUT2D eigenvalue weighted by molar-refractivity contribution is 0.443. The lowest BCUT2D eigenvalue weighted by Gasteiger charge is -2.22. The van der Waals surface area contributed by atoms with Crippen molar-refractivity contribution in [2.75, 3.05) is 6.54 Å². The minimum atomic E-state index is -3.45. The minimum Gasteiger partial charge on any atom is -0.329 e. The fraction of sp³-hybridized carbons (Fsp3) is 0.600. The summed E-state index contributed by atoms with van der Waals surface area (Å²) in [6.45, 7) is 2.05. The van der Waals surface area contributed by atoms with Crippen molar-refractivity contribution in [2.24, 2.45) is 5.73 Å². The molecule has 20 heavy (non-hydrogen) atoms. The molecule has 0 radical (unpaired) electrons. The molecule has 1 aromatic carbocycles. The van der Waals surface area contributed by atoms with E-state index >= 15 is 0 Å². The van der Waals surface area contributed by atoms with Crippen LogP contribution in [0.15, 0.2) is 29.2 Å². The molecule has 0 saturated heterocycles. The average molecular weight is 296 g/mol. The molecule has 0 aromatic heterocycles. The molecule has 1 fully saturated rings. The zero-order valence-electron chi connectivity index (χ0n) is 12.0. The predicted octanol–water partition coefficient (Wildman–Crippen LogP) is 2.36. The van der Waals surface area contributed by atoms with Gasteiger partial charge in [0.2, 0.25) is 10.0 Å². The highest BCUT2D eigenvalue weighted by molar-refractivity contribution is 7.89.